The Morgan fingerprint density at radius 1 is 1.43 bits per heavy atom. The lowest BCUT2D eigenvalue weighted by atomic mass is 9.58. The lowest BCUT2D eigenvalue weighted by Crippen LogP contribution is -2.62. The van der Waals surface area contributed by atoms with Crippen LogP contribution in [0.25, 0.3) is 0 Å². The van der Waals surface area contributed by atoms with Crippen molar-refractivity contribution >= 4 is 5.91 Å². The molecule has 1 aromatic heterocycles. The third-order valence-corrected chi connectivity index (χ3v) is 5.49. The number of aliphatic hydroxyl groups is 1. The highest BCUT2D eigenvalue weighted by Crippen LogP contribution is 2.50. The molecule has 2 aliphatic rings. The largest absolute Gasteiger partial charge is 0.392 e. The molecule has 1 spiro atoms. The van der Waals surface area contributed by atoms with Crippen LogP contribution in [-0.2, 0) is 16.0 Å². The molecule has 126 valence electrons. The Balaban J connectivity index is 1.56. The van der Waals surface area contributed by atoms with Gasteiger partial charge < -0.3 is 14.7 Å². The SMILES string of the molecule is CCO[C@H]1C[C@@H](O)C12CCN(C(=O)Cc1ccc(C)nc1)CC2. The van der Waals surface area contributed by atoms with Crippen molar-refractivity contribution in [3.05, 3.63) is 29.6 Å². The lowest BCUT2D eigenvalue weighted by molar-refractivity contribution is -0.210. The van der Waals surface area contributed by atoms with Crippen molar-refractivity contribution < 1.29 is 14.6 Å². The Kier molecular flexibility index (Phi) is 4.69. The molecule has 1 aliphatic carbocycles. The van der Waals surface area contributed by atoms with Gasteiger partial charge in [-0.25, -0.2) is 0 Å². The quantitative estimate of drug-likeness (QED) is 0.918. The van der Waals surface area contributed by atoms with Crippen LogP contribution in [0.1, 0.15) is 37.4 Å². The van der Waals surface area contributed by atoms with E-state index in [1.807, 2.05) is 30.9 Å². The van der Waals surface area contributed by atoms with E-state index in [-0.39, 0.29) is 23.5 Å². The van der Waals surface area contributed by atoms with Crippen LogP contribution in [0.4, 0.5) is 0 Å². The molecule has 1 saturated heterocycles. The molecule has 2 heterocycles. The van der Waals surface area contributed by atoms with Gasteiger partial charge in [0.05, 0.1) is 18.6 Å². The van der Waals surface area contributed by atoms with E-state index in [9.17, 15) is 9.90 Å². The molecule has 5 nitrogen and oxygen atoms in total. The maximum absolute atomic E-state index is 12.5. The summed E-state index contributed by atoms with van der Waals surface area (Å²) in [5.74, 6) is 0.146. The molecular weight excluding hydrogens is 292 g/mol. The summed E-state index contributed by atoms with van der Waals surface area (Å²) in [5.41, 5.74) is 1.79. The fraction of sp³-hybridized carbons (Fsp3) is 0.667. The first-order valence-electron chi connectivity index (χ1n) is 8.54. The number of carbonyl (C=O) groups excluding carboxylic acids is 1. The maximum atomic E-state index is 12.5. The Hall–Kier alpha value is -1.46. The van der Waals surface area contributed by atoms with Crippen LogP contribution in [0.3, 0.4) is 0 Å². The van der Waals surface area contributed by atoms with Crippen LogP contribution < -0.4 is 0 Å². The number of rotatable bonds is 4. The number of aliphatic hydroxyl groups excluding tert-OH is 1. The number of amides is 1. The maximum Gasteiger partial charge on any atom is 0.227 e. The fourth-order valence-corrected chi connectivity index (χ4v) is 3.88. The van der Waals surface area contributed by atoms with Gasteiger partial charge in [0, 0.05) is 43.4 Å². The summed E-state index contributed by atoms with van der Waals surface area (Å²) in [6, 6.07) is 3.90. The van der Waals surface area contributed by atoms with E-state index in [1.54, 1.807) is 6.20 Å². The van der Waals surface area contributed by atoms with Crippen LogP contribution in [0, 0.1) is 12.3 Å². The van der Waals surface area contributed by atoms with E-state index in [0.717, 1.165) is 30.5 Å². The number of pyridine rings is 1. The molecule has 2 fully saturated rings. The van der Waals surface area contributed by atoms with Gasteiger partial charge in [-0.2, -0.15) is 0 Å². The van der Waals surface area contributed by atoms with Gasteiger partial charge in [-0.3, -0.25) is 9.78 Å². The minimum atomic E-state index is -0.280. The van der Waals surface area contributed by atoms with Crippen molar-refractivity contribution in [1.29, 1.82) is 0 Å². The molecule has 1 aliphatic heterocycles. The number of nitrogens with zero attached hydrogens (tertiary/aromatic N) is 2. The summed E-state index contributed by atoms with van der Waals surface area (Å²) < 4.78 is 5.77. The molecule has 2 atom stereocenters. The zero-order chi connectivity index (χ0) is 16.4. The lowest BCUT2D eigenvalue weighted by Gasteiger charge is -2.56. The minimum absolute atomic E-state index is 0.127. The first-order chi connectivity index (χ1) is 11.0. The van der Waals surface area contributed by atoms with Gasteiger partial charge in [-0.1, -0.05) is 6.07 Å². The Morgan fingerprint density at radius 2 is 2.17 bits per heavy atom. The third kappa shape index (κ3) is 3.12. The van der Waals surface area contributed by atoms with Crippen molar-refractivity contribution in [2.45, 2.75) is 51.7 Å². The first kappa shape index (κ1) is 16.4. The summed E-state index contributed by atoms with van der Waals surface area (Å²) in [6.45, 7) is 6.03. The van der Waals surface area contributed by atoms with Crippen LogP contribution in [0.5, 0.6) is 0 Å². The summed E-state index contributed by atoms with van der Waals surface area (Å²) in [4.78, 5) is 18.6. The van der Waals surface area contributed by atoms with Crippen molar-refractivity contribution in [1.82, 2.24) is 9.88 Å². The second kappa shape index (κ2) is 6.57. The molecule has 1 amide bonds. The van der Waals surface area contributed by atoms with Crippen LogP contribution >= 0.6 is 0 Å². The molecule has 0 unspecified atom stereocenters. The molecule has 5 heteroatoms. The number of ether oxygens (including phenoxy) is 1. The zero-order valence-corrected chi connectivity index (χ0v) is 14.0. The molecule has 0 aromatic carbocycles. The topological polar surface area (TPSA) is 62.7 Å². The summed E-state index contributed by atoms with van der Waals surface area (Å²) in [5, 5.41) is 10.2. The number of aryl methyl sites for hydroxylation is 1. The normalized spacial score (nSPS) is 26.1. The second-order valence-electron chi connectivity index (χ2n) is 6.79. The van der Waals surface area contributed by atoms with Gasteiger partial charge in [0.15, 0.2) is 0 Å². The van der Waals surface area contributed by atoms with Crippen molar-refractivity contribution in [3.63, 3.8) is 0 Å². The van der Waals surface area contributed by atoms with E-state index in [2.05, 4.69) is 4.98 Å². The number of carbonyl (C=O) groups is 1. The van der Waals surface area contributed by atoms with E-state index >= 15 is 0 Å². The Labute approximate surface area is 137 Å². The van der Waals surface area contributed by atoms with Gasteiger partial charge in [-0.05, 0) is 38.3 Å². The highest BCUT2D eigenvalue weighted by Gasteiger charge is 2.56. The van der Waals surface area contributed by atoms with Crippen LogP contribution in [0.2, 0.25) is 0 Å². The third-order valence-electron chi connectivity index (χ3n) is 5.49. The van der Waals surface area contributed by atoms with Gasteiger partial charge >= 0.3 is 0 Å². The average Bonchev–Trinajstić information content (AvgIpc) is 2.57. The van der Waals surface area contributed by atoms with E-state index < -0.39 is 0 Å². The number of hydrogen-bond donors (Lipinski definition) is 1. The number of aromatic nitrogens is 1. The monoisotopic (exact) mass is 318 g/mol. The summed E-state index contributed by atoms with van der Waals surface area (Å²) >= 11 is 0. The molecule has 1 saturated carbocycles. The Morgan fingerprint density at radius 3 is 2.74 bits per heavy atom. The van der Waals surface area contributed by atoms with Gasteiger partial charge in [0.2, 0.25) is 5.91 Å². The molecule has 1 aromatic rings. The molecule has 0 radical (unpaired) electrons. The molecular formula is C18H26N2O3. The van der Waals surface area contributed by atoms with Crippen molar-refractivity contribution in [3.8, 4) is 0 Å². The number of hydrogen-bond acceptors (Lipinski definition) is 4. The number of piperidine rings is 1. The average molecular weight is 318 g/mol. The Bertz CT molecular complexity index is 548. The smallest absolute Gasteiger partial charge is 0.227 e. The fourth-order valence-electron chi connectivity index (χ4n) is 3.88. The first-order valence-corrected chi connectivity index (χ1v) is 8.54. The summed E-state index contributed by atoms with van der Waals surface area (Å²) in [7, 11) is 0. The van der Waals surface area contributed by atoms with E-state index in [1.165, 1.54) is 0 Å². The zero-order valence-electron chi connectivity index (χ0n) is 14.0. The van der Waals surface area contributed by atoms with Crippen LogP contribution in [-0.4, -0.2) is 52.8 Å². The van der Waals surface area contributed by atoms with Crippen molar-refractivity contribution in [2.75, 3.05) is 19.7 Å². The highest BCUT2D eigenvalue weighted by molar-refractivity contribution is 5.78. The minimum Gasteiger partial charge on any atom is -0.392 e. The highest BCUT2D eigenvalue weighted by atomic mass is 16.5. The predicted octanol–water partition coefficient (Wildman–Crippen LogP) is 1.71. The summed E-state index contributed by atoms with van der Waals surface area (Å²) in [6.07, 6.45) is 4.44. The van der Waals surface area contributed by atoms with E-state index in [0.29, 0.717) is 26.1 Å². The molecule has 3 rings (SSSR count). The van der Waals surface area contributed by atoms with Crippen molar-refractivity contribution in [2.24, 2.45) is 5.41 Å². The standard InChI is InChI=1S/C18H26N2O3/c1-3-23-16-11-15(21)18(16)6-8-20(9-7-18)17(22)10-14-5-4-13(2)19-12-14/h4-5,12,15-16,21H,3,6-11H2,1-2H3/t15-,16+/m1/s1. The molecule has 0 bridgehead atoms. The van der Waals surface area contributed by atoms with Gasteiger partial charge in [0.25, 0.3) is 0 Å². The second-order valence-corrected chi connectivity index (χ2v) is 6.79. The number of likely N-dealkylation sites (tertiary alicyclic amines) is 1. The van der Waals surface area contributed by atoms with Crippen LogP contribution in [0.15, 0.2) is 18.3 Å². The van der Waals surface area contributed by atoms with Gasteiger partial charge in [0.1, 0.15) is 0 Å². The van der Waals surface area contributed by atoms with Gasteiger partial charge in [-0.15, -0.1) is 0 Å². The molecule has 1 N–H and O–H groups in total. The molecule has 23 heavy (non-hydrogen) atoms. The van der Waals surface area contributed by atoms with E-state index in [4.69, 9.17) is 4.74 Å². The predicted molar refractivity (Wildman–Crippen MR) is 87.0 cm³/mol.